The molecule has 0 spiro atoms. The Balaban J connectivity index is 2.28. The summed E-state index contributed by atoms with van der Waals surface area (Å²) in [5.41, 5.74) is -0.0964. The molecule has 2 aromatic rings. The molecule has 0 aliphatic carbocycles. The van der Waals surface area contributed by atoms with E-state index in [4.69, 9.17) is 9.84 Å². The second-order valence-electron chi connectivity index (χ2n) is 3.06. The summed E-state index contributed by atoms with van der Waals surface area (Å²) in [4.78, 5) is 18.4. The van der Waals surface area contributed by atoms with Gasteiger partial charge in [-0.3, -0.25) is 0 Å². The fourth-order valence-corrected chi connectivity index (χ4v) is 1.63. The number of halogens is 1. The van der Waals surface area contributed by atoms with E-state index in [0.29, 0.717) is 5.75 Å². The molecular formula is C11H7IN2O3. The zero-order valence-electron chi connectivity index (χ0n) is 8.50. The van der Waals surface area contributed by atoms with Gasteiger partial charge in [0.25, 0.3) is 0 Å². The fraction of sp³-hybridized carbons (Fsp3) is 0. The van der Waals surface area contributed by atoms with Gasteiger partial charge in [-0.1, -0.05) is 12.1 Å². The van der Waals surface area contributed by atoms with Crippen molar-refractivity contribution in [2.45, 2.75) is 0 Å². The maximum Gasteiger partial charge on any atom is 0.354 e. The summed E-state index contributed by atoms with van der Waals surface area (Å²) < 4.78 is 6.30. The molecule has 1 aromatic heterocycles. The smallest absolute Gasteiger partial charge is 0.354 e. The highest BCUT2D eigenvalue weighted by Gasteiger charge is 2.08. The Morgan fingerprint density at radius 1 is 1.29 bits per heavy atom. The van der Waals surface area contributed by atoms with Crippen LogP contribution in [0.2, 0.25) is 0 Å². The van der Waals surface area contributed by atoms with Crippen LogP contribution in [0.4, 0.5) is 0 Å². The number of carbonyl (C=O) groups is 1. The van der Waals surface area contributed by atoms with E-state index in [2.05, 4.69) is 32.6 Å². The Morgan fingerprint density at radius 3 is 2.76 bits per heavy atom. The number of rotatable bonds is 3. The zero-order chi connectivity index (χ0) is 12.3. The molecule has 0 aliphatic rings. The highest BCUT2D eigenvalue weighted by atomic mass is 127. The third kappa shape index (κ3) is 2.90. The second kappa shape index (κ2) is 5.09. The first kappa shape index (κ1) is 11.8. The average molecular weight is 342 g/mol. The van der Waals surface area contributed by atoms with Crippen LogP contribution in [0.15, 0.2) is 36.5 Å². The number of carboxylic acids is 1. The number of hydrogen-bond donors (Lipinski definition) is 1. The van der Waals surface area contributed by atoms with E-state index in [1.54, 1.807) is 6.07 Å². The molecule has 86 valence electrons. The van der Waals surface area contributed by atoms with Crippen LogP contribution in [-0.2, 0) is 0 Å². The molecule has 0 aliphatic heterocycles. The number of nitrogens with zero attached hydrogens (tertiary/aromatic N) is 2. The van der Waals surface area contributed by atoms with E-state index in [-0.39, 0.29) is 11.7 Å². The number of benzene rings is 1. The Hall–Kier alpha value is -1.70. The molecule has 0 unspecified atom stereocenters. The van der Waals surface area contributed by atoms with Gasteiger partial charge >= 0.3 is 12.0 Å². The van der Waals surface area contributed by atoms with Gasteiger partial charge in [0, 0.05) is 6.20 Å². The predicted molar refractivity (Wildman–Crippen MR) is 68.2 cm³/mol. The molecule has 0 amide bonds. The minimum absolute atomic E-state index is 0.0222. The average Bonchev–Trinajstić information content (AvgIpc) is 2.32. The van der Waals surface area contributed by atoms with Gasteiger partial charge in [-0.25, -0.2) is 9.78 Å². The number of para-hydroxylation sites is 1. The first-order chi connectivity index (χ1) is 8.16. The normalized spacial score (nSPS) is 9.94. The van der Waals surface area contributed by atoms with Crippen LogP contribution in [0.5, 0.6) is 11.8 Å². The molecule has 0 atom stereocenters. The Morgan fingerprint density at radius 2 is 2.06 bits per heavy atom. The Bertz CT molecular complexity index is 560. The first-order valence-electron chi connectivity index (χ1n) is 4.65. The lowest BCUT2D eigenvalue weighted by Crippen LogP contribution is -2.02. The van der Waals surface area contributed by atoms with Gasteiger partial charge in [0.1, 0.15) is 5.75 Å². The standard InChI is InChI=1S/C11H7IN2O3/c12-7-3-1-2-4-9(7)17-11-13-6-5-8(14-11)10(15)16/h1-6H,(H,15,16). The summed E-state index contributed by atoms with van der Waals surface area (Å²) in [6.45, 7) is 0. The van der Waals surface area contributed by atoms with Crippen molar-refractivity contribution in [1.82, 2.24) is 9.97 Å². The van der Waals surface area contributed by atoms with Crippen LogP contribution in [-0.4, -0.2) is 21.0 Å². The first-order valence-corrected chi connectivity index (χ1v) is 5.73. The van der Waals surface area contributed by atoms with Gasteiger partial charge in [-0.15, -0.1) is 0 Å². The lowest BCUT2D eigenvalue weighted by atomic mass is 10.3. The van der Waals surface area contributed by atoms with Crippen LogP contribution in [0.3, 0.4) is 0 Å². The zero-order valence-corrected chi connectivity index (χ0v) is 10.7. The summed E-state index contributed by atoms with van der Waals surface area (Å²) in [6, 6.07) is 8.66. The van der Waals surface area contributed by atoms with Crippen molar-refractivity contribution in [3.05, 3.63) is 45.8 Å². The Labute approximate surface area is 111 Å². The third-order valence-electron chi connectivity index (χ3n) is 1.89. The molecule has 1 N–H and O–H groups in total. The molecule has 5 nitrogen and oxygen atoms in total. The summed E-state index contributed by atoms with van der Waals surface area (Å²) in [5.74, 6) is -0.518. The number of ether oxygens (including phenoxy) is 1. The van der Waals surface area contributed by atoms with Gasteiger partial charge in [0.15, 0.2) is 5.69 Å². The fourth-order valence-electron chi connectivity index (χ4n) is 1.13. The van der Waals surface area contributed by atoms with Gasteiger partial charge in [-0.2, -0.15) is 4.98 Å². The number of hydrogen-bond acceptors (Lipinski definition) is 4. The minimum Gasteiger partial charge on any atom is -0.477 e. The predicted octanol–water partition coefficient (Wildman–Crippen LogP) is 2.57. The number of carboxylic acid groups (broad SMARTS) is 1. The summed E-state index contributed by atoms with van der Waals surface area (Å²) in [7, 11) is 0. The molecular weight excluding hydrogens is 335 g/mol. The summed E-state index contributed by atoms with van der Waals surface area (Å²) in [5, 5.41) is 8.78. The molecule has 6 heteroatoms. The van der Waals surface area contributed by atoms with Crippen molar-refractivity contribution in [1.29, 1.82) is 0 Å². The molecule has 2 rings (SSSR count). The third-order valence-corrected chi connectivity index (χ3v) is 2.78. The molecule has 0 saturated heterocycles. The van der Waals surface area contributed by atoms with Crippen LogP contribution in [0.25, 0.3) is 0 Å². The van der Waals surface area contributed by atoms with Crippen LogP contribution >= 0.6 is 22.6 Å². The van der Waals surface area contributed by atoms with Crippen molar-refractivity contribution < 1.29 is 14.6 Å². The van der Waals surface area contributed by atoms with Gasteiger partial charge in [0.2, 0.25) is 0 Å². The Kier molecular flexibility index (Phi) is 3.52. The van der Waals surface area contributed by atoms with Crippen molar-refractivity contribution in [2.24, 2.45) is 0 Å². The van der Waals surface area contributed by atoms with E-state index in [1.165, 1.54) is 12.3 Å². The number of aromatic carboxylic acids is 1. The highest BCUT2D eigenvalue weighted by molar-refractivity contribution is 14.1. The molecule has 17 heavy (non-hydrogen) atoms. The molecule has 0 radical (unpaired) electrons. The van der Waals surface area contributed by atoms with Crippen molar-refractivity contribution in [2.75, 3.05) is 0 Å². The van der Waals surface area contributed by atoms with Gasteiger partial charge < -0.3 is 9.84 Å². The summed E-state index contributed by atoms with van der Waals surface area (Å²) >= 11 is 2.11. The largest absolute Gasteiger partial charge is 0.477 e. The monoisotopic (exact) mass is 342 g/mol. The summed E-state index contributed by atoms with van der Waals surface area (Å²) in [6.07, 6.45) is 1.35. The maximum absolute atomic E-state index is 10.7. The molecule has 0 saturated carbocycles. The topological polar surface area (TPSA) is 72.3 Å². The molecule has 0 bridgehead atoms. The molecule has 1 aromatic carbocycles. The minimum atomic E-state index is -1.11. The van der Waals surface area contributed by atoms with Crippen molar-refractivity contribution in [3.63, 3.8) is 0 Å². The van der Waals surface area contributed by atoms with Gasteiger partial charge in [0.05, 0.1) is 3.57 Å². The highest BCUT2D eigenvalue weighted by Crippen LogP contribution is 2.23. The van der Waals surface area contributed by atoms with Crippen molar-refractivity contribution in [3.8, 4) is 11.8 Å². The van der Waals surface area contributed by atoms with Crippen molar-refractivity contribution >= 4 is 28.6 Å². The van der Waals surface area contributed by atoms with E-state index < -0.39 is 5.97 Å². The van der Waals surface area contributed by atoms with Crippen LogP contribution in [0, 0.1) is 3.57 Å². The van der Waals surface area contributed by atoms with Gasteiger partial charge in [-0.05, 0) is 40.8 Å². The van der Waals surface area contributed by atoms with Crippen LogP contribution in [0.1, 0.15) is 10.5 Å². The lowest BCUT2D eigenvalue weighted by Gasteiger charge is -2.05. The SMILES string of the molecule is O=C(O)c1ccnc(Oc2ccccc2I)n1. The molecule has 0 fully saturated rings. The van der Waals surface area contributed by atoms with E-state index in [9.17, 15) is 4.79 Å². The van der Waals surface area contributed by atoms with E-state index in [0.717, 1.165) is 3.57 Å². The second-order valence-corrected chi connectivity index (χ2v) is 4.22. The lowest BCUT2D eigenvalue weighted by molar-refractivity contribution is 0.0689. The van der Waals surface area contributed by atoms with Crippen LogP contribution < -0.4 is 4.74 Å². The molecule has 1 heterocycles. The quantitative estimate of drug-likeness (QED) is 0.868. The van der Waals surface area contributed by atoms with E-state index in [1.807, 2.05) is 18.2 Å². The maximum atomic E-state index is 10.7. The number of aromatic nitrogens is 2. The van der Waals surface area contributed by atoms with E-state index >= 15 is 0 Å².